The predicted octanol–water partition coefficient (Wildman–Crippen LogP) is 5.15. The van der Waals surface area contributed by atoms with Crippen LogP contribution in [-0.4, -0.2) is 60.9 Å². The Bertz CT molecular complexity index is 504. The van der Waals surface area contributed by atoms with E-state index in [9.17, 15) is 14.3 Å². The molecule has 0 fully saturated rings. The molecule has 0 rings (SSSR count). The summed E-state index contributed by atoms with van der Waals surface area (Å²) in [5.74, 6) is -1.07. The van der Waals surface area contributed by atoms with Gasteiger partial charge in [-0.25, -0.2) is 4.57 Å². The maximum Gasteiger partial charge on any atom is 0.472 e. The molecule has 8 heteroatoms. The van der Waals surface area contributed by atoms with Crippen molar-refractivity contribution in [3.8, 4) is 0 Å². The highest BCUT2D eigenvalue weighted by atomic mass is 31.2. The lowest BCUT2D eigenvalue weighted by atomic mass is 10.1. The van der Waals surface area contributed by atoms with Crippen molar-refractivity contribution in [2.45, 2.75) is 83.7 Å². The number of carboxylic acids is 1. The molecule has 0 saturated carbocycles. The molecule has 0 heterocycles. The minimum Gasteiger partial charge on any atom is -0.481 e. The molecule has 0 aliphatic rings. The van der Waals surface area contributed by atoms with Crippen LogP contribution in [0.15, 0.2) is 12.2 Å². The minimum absolute atomic E-state index is 0.130. The number of phosphoric acid groups is 1. The molecule has 2 atom stereocenters. The largest absolute Gasteiger partial charge is 0.481 e. The van der Waals surface area contributed by atoms with Crippen LogP contribution in [0.1, 0.15) is 77.6 Å². The fourth-order valence-corrected chi connectivity index (χ4v) is 3.92. The van der Waals surface area contributed by atoms with Gasteiger partial charge in [-0.2, -0.15) is 0 Å². The van der Waals surface area contributed by atoms with E-state index in [0.717, 1.165) is 32.1 Å². The fraction of sp³-hybridized carbons (Fsp3) is 0.857. The Kier molecular flexibility index (Phi) is 15.6. The molecule has 0 aromatic rings. The van der Waals surface area contributed by atoms with E-state index in [1.807, 2.05) is 21.1 Å². The van der Waals surface area contributed by atoms with Crippen LogP contribution in [-0.2, 0) is 18.4 Å². The van der Waals surface area contributed by atoms with Crippen LogP contribution in [0.4, 0.5) is 0 Å². The van der Waals surface area contributed by atoms with Gasteiger partial charge in [0.25, 0.3) is 0 Å². The number of allylic oxidation sites excluding steroid dienone is 2. The molecule has 0 amide bonds. The predicted molar refractivity (Wildman–Crippen MR) is 117 cm³/mol. The first-order valence-corrected chi connectivity index (χ1v) is 12.4. The highest BCUT2D eigenvalue weighted by Crippen LogP contribution is 2.45. The van der Waals surface area contributed by atoms with Gasteiger partial charge in [0.2, 0.25) is 0 Å². The number of carboxylic acid groups (broad SMARTS) is 1. The van der Waals surface area contributed by atoms with E-state index in [1.54, 1.807) is 0 Å². The molecule has 0 radical (unpaired) electrons. The number of aliphatic carboxylic acids is 1. The van der Waals surface area contributed by atoms with E-state index in [-0.39, 0.29) is 13.0 Å². The van der Waals surface area contributed by atoms with Gasteiger partial charge in [-0.1, -0.05) is 51.2 Å². The third-order valence-corrected chi connectivity index (χ3v) is 5.42. The average molecular weight is 437 g/mol. The number of hydrogen-bond acceptors (Lipinski definition) is 4. The molecule has 29 heavy (non-hydrogen) atoms. The first-order valence-electron chi connectivity index (χ1n) is 10.9. The van der Waals surface area contributed by atoms with Gasteiger partial charge in [0.05, 0.1) is 34.2 Å². The zero-order valence-corrected chi connectivity index (χ0v) is 19.7. The third-order valence-electron chi connectivity index (χ3n) is 4.35. The van der Waals surface area contributed by atoms with Crippen LogP contribution in [0, 0.1) is 0 Å². The van der Waals surface area contributed by atoms with Crippen molar-refractivity contribution in [1.82, 2.24) is 0 Å². The molecule has 0 aromatic carbocycles. The van der Waals surface area contributed by atoms with Crippen LogP contribution in [0.25, 0.3) is 0 Å². The SMILES string of the molecule is CCCCCCC=CCCCCCCOP(=O)(O)O[C@H](CC(=O)O)C[N+](C)(C)C. The number of nitrogens with zero attached hydrogens (tertiary/aromatic N) is 1. The molecule has 1 unspecified atom stereocenters. The van der Waals surface area contributed by atoms with Crippen LogP contribution >= 0.6 is 7.82 Å². The normalized spacial score (nSPS) is 15.5. The van der Waals surface area contributed by atoms with E-state index >= 15 is 0 Å². The summed E-state index contributed by atoms with van der Waals surface area (Å²) in [6.45, 7) is 2.65. The van der Waals surface area contributed by atoms with Gasteiger partial charge in [-0.05, 0) is 32.1 Å². The van der Waals surface area contributed by atoms with Crippen molar-refractivity contribution in [3.63, 3.8) is 0 Å². The number of hydrogen-bond donors (Lipinski definition) is 2. The van der Waals surface area contributed by atoms with Crippen molar-refractivity contribution in [1.29, 1.82) is 0 Å². The standard InChI is InChI=1S/C21H42NO6P/c1-5-6-7-8-9-10-11-12-13-14-15-16-17-27-29(25,26)28-20(18-21(23)24)19-22(2,3)4/h10-11,20H,5-9,12-19H2,1-4H3,(H-,23,24,25,26)/p+1/t20-/m1/s1. The van der Waals surface area contributed by atoms with Gasteiger partial charge in [-0.15, -0.1) is 0 Å². The van der Waals surface area contributed by atoms with Gasteiger partial charge in [0.1, 0.15) is 12.6 Å². The number of quaternary nitrogens is 1. The molecule has 172 valence electrons. The highest BCUT2D eigenvalue weighted by molar-refractivity contribution is 7.47. The molecule has 0 aliphatic carbocycles. The summed E-state index contributed by atoms with van der Waals surface area (Å²) >= 11 is 0. The molecular weight excluding hydrogens is 393 g/mol. The molecule has 0 spiro atoms. The zero-order valence-electron chi connectivity index (χ0n) is 18.8. The van der Waals surface area contributed by atoms with Crippen LogP contribution < -0.4 is 0 Å². The second kappa shape index (κ2) is 16.0. The monoisotopic (exact) mass is 436 g/mol. The zero-order chi connectivity index (χ0) is 22.2. The maximum atomic E-state index is 12.1. The summed E-state index contributed by atoms with van der Waals surface area (Å²) in [4.78, 5) is 20.8. The number of likely N-dealkylation sites (N-methyl/N-ethyl adjacent to an activating group) is 1. The minimum atomic E-state index is -4.26. The Balaban J connectivity index is 3.91. The topological polar surface area (TPSA) is 93.1 Å². The lowest BCUT2D eigenvalue weighted by molar-refractivity contribution is -0.873. The summed E-state index contributed by atoms with van der Waals surface area (Å²) in [6, 6.07) is 0. The van der Waals surface area contributed by atoms with Crippen molar-refractivity contribution in [3.05, 3.63) is 12.2 Å². The second-order valence-electron chi connectivity index (χ2n) is 8.62. The van der Waals surface area contributed by atoms with Gasteiger partial charge in [0, 0.05) is 0 Å². The Morgan fingerprint density at radius 1 is 1.00 bits per heavy atom. The van der Waals surface area contributed by atoms with Crippen molar-refractivity contribution >= 4 is 13.8 Å². The van der Waals surface area contributed by atoms with Crippen LogP contribution in [0.3, 0.4) is 0 Å². The Labute approximate surface area is 177 Å². The van der Waals surface area contributed by atoms with E-state index in [2.05, 4.69) is 19.1 Å². The number of phosphoric ester groups is 1. The highest BCUT2D eigenvalue weighted by Gasteiger charge is 2.31. The van der Waals surface area contributed by atoms with Gasteiger partial charge in [-0.3, -0.25) is 13.8 Å². The van der Waals surface area contributed by atoms with Gasteiger partial charge in [0.15, 0.2) is 0 Å². The maximum absolute atomic E-state index is 12.1. The fourth-order valence-electron chi connectivity index (χ4n) is 2.98. The van der Waals surface area contributed by atoms with Gasteiger partial charge < -0.3 is 14.5 Å². The summed E-state index contributed by atoms with van der Waals surface area (Å²) in [6.07, 6.45) is 14.4. The van der Waals surface area contributed by atoms with Crippen molar-refractivity contribution in [2.75, 3.05) is 34.3 Å². The molecular formula is C21H43NO6P+. The summed E-state index contributed by atoms with van der Waals surface area (Å²) in [5, 5.41) is 8.97. The van der Waals surface area contributed by atoms with Crippen LogP contribution in [0.5, 0.6) is 0 Å². The summed E-state index contributed by atoms with van der Waals surface area (Å²) in [7, 11) is 1.33. The van der Waals surface area contributed by atoms with Crippen molar-refractivity contribution < 1.29 is 32.9 Å². The Morgan fingerprint density at radius 2 is 1.55 bits per heavy atom. The number of unbranched alkanes of at least 4 members (excludes halogenated alkanes) is 8. The lowest BCUT2D eigenvalue weighted by Crippen LogP contribution is -2.42. The van der Waals surface area contributed by atoms with Crippen LogP contribution in [0.2, 0.25) is 0 Å². The molecule has 2 N–H and O–H groups in total. The van der Waals surface area contributed by atoms with Gasteiger partial charge >= 0.3 is 13.8 Å². The van der Waals surface area contributed by atoms with E-state index < -0.39 is 19.9 Å². The van der Waals surface area contributed by atoms with E-state index in [4.69, 9.17) is 14.2 Å². The molecule has 7 nitrogen and oxygen atoms in total. The smallest absolute Gasteiger partial charge is 0.472 e. The van der Waals surface area contributed by atoms with E-state index in [1.165, 1.54) is 25.7 Å². The molecule has 0 aliphatic heterocycles. The second-order valence-corrected chi connectivity index (χ2v) is 10.0. The quantitative estimate of drug-likeness (QED) is 0.126. The number of carbonyl (C=O) groups is 1. The first kappa shape index (κ1) is 28.3. The average Bonchev–Trinajstić information content (AvgIpc) is 2.56. The Morgan fingerprint density at radius 3 is 2.07 bits per heavy atom. The summed E-state index contributed by atoms with van der Waals surface area (Å²) < 4.78 is 22.7. The first-order chi connectivity index (χ1) is 13.6. The Hall–Kier alpha value is -0.720. The van der Waals surface area contributed by atoms with Crippen molar-refractivity contribution in [2.24, 2.45) is 0 Å². The summed E-state index contributed by atoms with van der Waals surface area (Å²) in [5.41, 5.74) is 0. The third kappa shape index (κ3) is 20.3. The van der Waals surface area contributed by atoms with E-state index in [0.29, 0.717) is 17.4 Å². The molecule has 0 aromatic heterocycles. The molecule has 0 saturated heterocycles. The molecule has 0 bridgehead atoms. The number of rotatable bonds is 19. The lowest BCUT2D eigenvalue weighted by Gasteiger charge is -2.29.